The molecule has 0 spiro atoms. The topological polar surface area (TPSA) is 106 Å². The van der Waals surface area contributed by atoms with Crippen LogP contribution in [-0.4, -0.2) is 31.9 Å². The number of carbonyl (C=O) groups excluding carboxylic acids is 3. The molecule has 3 amide bonds. The number of halogens is 3. The smallest absolute Gasteiger partial charge is 0.416 e. The van der Waals surface area contributed by atoms with Gasteiger partial charge in [0.25, 0.3) is 11.8 Å². The highest BCUT2D eigenvalue weighted by Crippen LogP contribution is 2.38. The number of nitrogens with one attached hydrogen (secondary N) is 3. The highest BCUT2D eigenvalue weighted by atomic mass is 32.2. The molecular formula is C39H32F3N3O5S. The molecule has 0 aromatic heterocycles. The molecule has 5 rings (SSSR count). The molecule has 5 aromatic carbocycles. The van der Waals surface area contributed by atoms with Gasteiger partial charge < -0.3 is 25.4 Å². The Morgan fingerprint density at radius 3 is 2.06 bits per heavy atom. The Balaban J connectivity index is 1.41. The average molecular weight is 712 g/mol. The Bertz CT molecular complexity index is 2040. The number of methoxy groups -OCH3 is 2. The molecule has 3 N–H and O–H groups in total. The third-order valence-corrected chi connectivity index (χ3v) is 8.66. The Hall–Kier alpha value is -6.01. The second kappa shape index (κ2) is 16.6. The number of thioether (sulfide) groups is 1. The van der Waals surface area contributed by atoms with Gasteiger partial charge in [-0.1, -0.05) is 60.7 Å². The summed E-state index contributed by atoms with van der Waals surface area (Å²) in [5, 5.41) is 7.26. The van der Waals surface area contributed by atoms with Gasteiger partial charge >= 0.3 is 6.18 Å². The van der Waals surface area contributed by atoms with Gasteiger partial charge in [-0.15, -0.1) is 11.8 Å². The third kappa shape index (κ3) is 9.79. The summed E-state index contributed by atoms with van der Waals surface area (Å²) in [5.74, 6) is -0.743. The van der Waals surface area contributed by atoms with Crippen LogP contribution in [0.5, 0.6) is 11.5 Å². The van der Waals surface area contributed by atoms with E-state index in [4.69, 9.17) is 9.47 Å². The molecule has 0 radical (unpaired) electrons. The van der Waals surface area contributed by atoms with Crippen molar-refractivity contribution in [3.8, 4) is 11.5 Å². The molecule has 0 aliphatic carbocycles. The summed E-state index contributed by atoms with van der Waals surface area (Å²) in [6.45, 7) is 0. The van der Waals surface area contributed by atoms with E-state index >= 15 is 0 Å². The van der Waals surface area contributed by atoms with Gasteiger partial charge in [-0.25, -0.2) is 0 Å². The van der Waals surface area contributed by atoms with Crippen molar-refractivity contribution < 1.29 is 37.0 Å². The third-order valence-electron chi connectivity index (χ3n) is 7.41. The van der Waals surface area contributed by atoms with Gasteiger partial charge in [0, 0.05) is 33.5 Å². The van der Waals surface area contributed by atoms with E-state index in [-0.39, 0.29) is 11.4 Å². The van der Waals surface area contributed by atoms with Crippen LogP contribution in [0.4, 0.5) is 24.5 Å². The summed E-state index contributed by atoms with van der Waals surface area (Å²) in [6, 6.07) is 33.4. The Labute approximate surface area is 296 Å². The number of rotatable bonds is 12. The van der Waals surface area contributed by atoms with Gasteiger partial charge in [0.1, 0.15) is 22.4 Å². The lowest BCUT2D eigenvalue weighted by Gasteiger charge is -2.18. The van der Waals surface area contributed by atoms with Crippen molar-refractivity contribution >= 4 is 46.9 Å². The van der Waals surface area contributed by atoms with E-state index < -0.39 is 34.7 Å². The number of carbonyl (C=O) groups is 3. The molecule has 5 aromatic rings. The van der Waals surface area contributed by atoms with Crippen LogP contribution in [0.2, 0.25) is 0 Å². The molecule has 0 fully saturated rings. The van der Waals surface area contributed by atoms with E-state index in [0.717, 1.165) is 23.9 Å². The minimum absolute atomic E-state index is 0.00253. The molecule has 12 heteroatoms. The van der Waals surface area contributed by atoms with Crippen LogP contribution in [0.15, 0.2) is 138 Å². The van der Waals surface area contributed by atoms with Crippen molar-refractivity contribution in [1.82, 2.24) is 5.32 Å². The summed E-state index contributed by atoms with van der Waals surface area (Å²) in [7, 11) is 2.99. The molecule has 0 aliphatic heterocycles. The SMILES string of the molecule is COc1ccc(/C=C(/NC(=O)c2ccccc2)C(=O)Nc2cccc(SC(C(=O)Nc3cccc(C(F)(F)F)c3)c3ccccc3)c2)c(OC)c1. The number of alkyl halides is 3. The van der Waals surface area contributed by atoms with Crippen LogP contribution >= 0.6 is 11.8 Å². The monoisotopic (exact) mass is 711 g/mol. The summed E-state index contributed by atoms with van der Waals surface area (Å²) in [4.78, 5) is 41.1. The predicted octanol–water partition coefficient (Wildman–Crippen LogP) is 8.60. The molecule has 1 unspecified atom stereocenters. The molecule has 8 nitrogen and oxygen atoms in total. The van der Waals surface area contributed by atoms with Gasteiger partial charge in [-0.05, 0) is 72.3 Å². The van der Waals surface area contributed by atoms with Gasteiger partial charge in [-0.2, -0.15) is 13.2 Å². The number of amides is 3. The first-order valence-corrected chi connectivity index (χ1v) is 16.3. The molecular weight excluding hydrogens is 680 g/mol. The minimum Gasteiger partial charge on any atom is -0.497 e. The molecule has 0 saturated carbocycles. The van der Waals surface area contributed by atoms with Crippen molar-refractivity contribution in [3.05, 3.63) is 155 Å². The van der Waals surface area contributed by atoms with Gasteiger partial charge in [0.05, 0.1) is 19.8 Å². The molecule has 0 saturated heterocycles. The lowest BCUT2D eigenvalue weighted by molar-refractivity contribution is -0.137. The first kappa shape index (κ1) is 36.3. The molecule has 51 heavy (non-hydrogen) atoms. The fourth-order valence-corrected chi connectivity index (χ4v) is 5.98. The number of benzene rings is 5. The maximum atomic E-state index is 13.8. The predicted molar refractivity (Wildman–Crippen MR) is 192 cm³/mol. The summed E-state index contributed by atoms with van der Waals surface area (Å²) in [5.41, 5.74) is 0.854. The van der Waals surface area contributed by atoms with E-state index in [1.54, 1.807) is 103 Å². The van der Waals surface area contributed by atoms with E-state index in [1.165, 1.54) is 32.4 Å². The van der Waals surface area contributed by atoms with E-state index in [9.17, 15) is 27.6 Å². The van der Waals surface area contributed by atoms with Gasteiger partial charge in [-0.3, -0.25) is 14.4 Å². The van der Waals surface area contributed by atoms with Gasteiger partial charge in [0.15, 0.2) is 0 Å². The lowest BCUT2D eigenvalue weighted by Crippen LogP contribution is -2.30. The van der Waals surface area contributed by atoms with Crippen molar-refractivity contribution in [2.75, 3.05) is 24.9 Å². The normalized spacial score (nSPS) is 12.0. The number of anilines is 2. The summed E-state index contributed by atoms with van der Waals surface area (Å²) in [6.07, 6.45) is -3.09. The number of hydrogen-bond acceptors (Lipinski definition) is 6. The van der Waals surface area contributed by atoms with Crippen LogP contribution in [0.25, 0.3) is 6.08 Å². The van der Waals surface area contributed by atoms with Crippen LogP contribution in [0, 0.1) is 0 Å². The van der Waals surface area contributed by atoms with Crippen molar-refractivity contribution in [1.29, 1.82) is 0 Å². The van der Waals surface area contributed by atoms with E-state index in [1.807, 2.05) is 0 Å². The lowest BCUT2D eigenvalue weighted by atomic mass is 10.1. The van der Waals surface area contributed by atoms with E-state index in [2.05, 4.69) is 16.0 Å². The molecule has 0 heterocycles. The van der Waals surface area contributed by atoms with Crippen LogP contribution in [0.3, 0.4) is 0 Å². The standard InChI is InChI=1S/C39H32F3N3O5S/c1-49-31-20-19-27(34(24-31)50-2)21-33(45-36(46)26-13-7-4-8-14-26)37(47)43-30-17-10-18-32(23-30)51-35(25-11-5-3-6-12-25)38(48)44-29-16-9-15-28(22-29)39(40,41)42/h3-24,35H,1-2H3,(H,43,47)(H,44,48)(H,45,46)/b33-21+. The zero-order chi connectivity index (χ0) is 36.4. The summed E-state index contributed by atoms with van der Waals surface area (Å²) >= 11 is 1.15. The quantitative estimate of drug-likeness (QED) is 0.0885. The Kier molecular flexibility index (Phi) is 11.8. The van der Waals surface area contributed by atoms with Crippen molar-refractivity contribution in [3.63, 3.8) is 0 Å². The average Bonchev–Trinajstić information content (AvgIpc) is 3.14. The fraction of sp³-hybridized carbons (Fsp3) is 0.103. The molecule has 260 valence electrons. The molecule has 0 aliphatic rings. The molecule has 0 bridgehead atoms. The van der Waals surface area contributed by atoms with Crippen molar-refractivity contribution in [2.45, 2.75) is 16.3 Å². The van der Waals surface area contributed by atoms with Crippen LogP contribution in [-0.2, 0) is 15.8 Å². The number of ether oxygens (including phenoxy) is 2. The zero-order valence-electron chi connectivity index (χ0n) is 27.4. The Morgan fingerprint density at radius 1 is 0.725 bits per heavy atom. The van der Waals surface area contributed by atoms with E-state index in [0.29, 0.717) is 38.8 Å². The number of hydrogen-bond donors (Lipinski definition) is 3. The maximum absolute atomic E-state index is 13.8. The largest absolute Gasteiger partial charge is 0.497 e. The van der Waals surface area contributed by atoms with Crippen molar-refractivity contribution in [2.24, 2.45) is 0 Å². The van der Waals surface area contributed by atoms with Gasteiger partial charge in [0.2, 0.25) is 5.91 Å². The second-order valence-electron chi connectivity index (χ2n) is 10.9. The van der Waals surface area contributed by atoms with Crippen LogP contribution < -0.4 is 25.4 Å². The first-order chi connectivity index (χ1) is 24.5. The summed E-state index contributed by atoms with van der Waals surface area (Å²) < 4.78 is 50.7. The van der Waals surface area contributed by atoms with Crippen LogP contribution in [0.1, 0.15) is 32.3 Å². The Morgan fingerprint density at radius 2 is 1.39 bits per heavy atom. The zero-order valence-corrected chi connectivity index (χ0v) is 28.2. The maximum Gasteiger partial charge on any atom is 0.416 e. The fourth-order valence-electron chi connectivity index (χ4n) is 4.90. The minimum atomic E-state index is -4.57. The molecule has 1 atom stereocenters. The second-order valence-corrected chi connectivity index (χ2v) is 12.1. The highest BCUT2D eigenvalue weighted by Gasteiger charge is 2.31. The first-order valence-electron chi connectivity index (χ1n) is 15.5. The highest BCUT2D eigenvalue weighted by molar-refractivity contribution is 8.00.